The number of ether oxygens (including phenoxy) is 1. The molecule has 2 aromatic rings. The lowest BCUT2D eigenvalue weighted by Gasteiger charge is -2.26. The second kappa shape index (κ2) is 8.55. The van der Waals surface area contributed by atoms with E-state index in [-0.39, 0.29) is 0 Å². The van der Waals surface area contributed by atoms with Crippen molar-refractivity contribution in [1.29, 1.82) is 0 Å². The maximum Gasteiger partial charge on any atom is 0.225 e. The van der Waals surface area contributed by atoms with Crippen LogP contribution in [0.15, 0.2) is 41.1 Å². The van der Waals surface area contributed by atoms with Crippen molar-refractivity contribution in [1.82, 2.24) is 15.3 Å². The molecule has 6 heteroatoms. The second-order valence-corrected chi connectivity index (χ2v) is 6.80. The first-order chi connectivity index (χ1) is 11.8. The Hall–Kier alpha value is -1.50. The second-order valence-electron chi connectivity index (χ2n) is 5.88. The molecular formula is C18H23BrN4O. The van der Waals surface area contributed by atoms with Gasteiger partial charge >= 0.3 is 0 Å². The van der Waals surface area contributed by atoms with E-state index in [2.05, 4.69) is 67.3 Å². The Kier molecular flexibility index (Phi) is 6.18. The van der Waals surface area contributed by atoms with Gasteiger partial charge in [0.05, 0.1) is 13.2 Å². The van der Waals surface area contributed by atoms with Crippen LogP contribution in [-0.2, 0) is 11.3 Å². The van der Waals surface area contributed by atoms with Gasteiger partial charge < -0.3 is 15.0 Å². The molecule has 0 amide bonds. The summed E-state index contributed by atoms with van der Waals surface area (Å²) in [5, 5.41) is 3.59. The standard InChI is InChI=1S/C18H23BrN4O/c1-2-17(15-3-5-16(19)6-4-15)20-11-14-12-21-18(22-13-14)23-7-9-24-10-8-23/h3-6,12-13,17,20H,2,7-11H2,1H3. The number of aromatic nitrogens is 2. The number of halogens is 1. The molecule has 1 aromatic carbocycles. The first-order valence-corrected chi connectivity index (χ1v) is 9.18. The molecule has 2 heterocycles. The molecule has 1 fully saturated rings. The lowest BCUT2D eigenvalue weighted by atomic mass is 10.0. The van der Waals surface area contributed by atoms with Crippen molar-refractivity contribution >= 4 is 21.9 Å². The predicted octanol–water partition coefficient (Wildman–Crippen LogP) is 3.32. The largest absolute Gasteiger partial charge is 0.378 e. The third kappa shape index (κ3) is 4.53. The maximum absolute atomic E-state index is 5.36. The van der Waals surface area contributed by atoms with Crippen LogP contribution in [0.3, 0.4) is 0 Å². The third-order valence-corrected chi connectivity index (χ3v) is 4.75. The van der Waals surface area contributed by atoms with Gasteiger partial charge in [-0.2, -0.15) is 0 Å². The normalized spacial score (nSPS) is 16.2. The van der Waals surface area contributed by atoms with Crippen molar-refractivity contribution in [3.05, 3.63) is 52.3 Å². The Morgan fingerprint density at radius 3 is 2.46 bits per heavy atom. The van der Waals surface area contributed by atoms with Gasteiger partial charge in [0.25, 0.3) is 0 Å². The summed E-state index contributed by atoms with van der Waals surface area (Å²) >= 11 is 3.48. The molecule has 5 nitrogen and oxygen atoms in total. The summed E-state index contributed by atoms with van der Waals surface area (Å²) in [6, 6.07) is 8.81. The lowest BCUT2D eigenvalue weighted by Crippen LogP contribution is -2.37. The van der Waals surface area contributed by atoms with Crippen LogP contribution in [0.5, 0.6) is 0 Å². The van der Waals surface area contributed by atoms with Crippen molar-refractivity contribution in [2.75, 3.05) is 31.2 Å². The molecule has 0 radical (unpaired) electrons. The van der Waals surface area contributed by atoms with Crippen LogP contribution in [0.2, 0.25) is 0 Å². The van der Waals surface area contributed by atoms with Crippen LogP contribution in [0, 0.1) is 0 Å². The summed E-state index contributed by atoms with van der Waals surface area (Å²) in [4.78, 5) is 11.2. The van der Waals surface area contributed by atoms with Gasteiger partial charge in [0.15, 0.2) is 0 Å². The topological polar surface area (TPSA) is 50.3 Å². The molecule has 128 valence electrons. The lowest BCUT2D eigenvalue weighted by molar-refractivity contribution is 0.122. The highest BCUT2D eigenvalue weighted by Crippen LogP contribution is 2.20. The van der Waals surface area contributed by atoms with Crippen molar-refractivity contribution < 1.29 is 4.74 Å². The minimum atomic E-state index is 0.331. The van der Waals surface area contributed by atoms with E-state index in [0.29, 0.717) is 6.04 Å². The number of benzene rings is 1. The molecule has 1 unspecified atom stereocenters. The third-order valence-electron chi connectivity index (χ3n) is 4.22. The Labute approximate surface area is 151 Å². The van der Waals surface area contributed by atoms with Crippen LogP contribution in [-0.4, -0.2) is 36.3 Å². The Balaban J connectivity index is 1.58. The van der Waals surface area contributed by atoms with E-state index < -0.39 is 0 Å². The van der Waals surface area contributed by atoms with Crippen molar-refractivity contribution in [3.8, 4) is 0 Å². The Morgan fingerprint density at radius 1 is 1.17 bits per heavy atom. The highest BCUT2D eigenvalue weighted by molar-refractivity contribution is 9.10. The van der Waals surface area contributed by atoms with Gasteiger partial charge in [0, 0.05) is 48.1 Å². The fraction of sp³-hybridized carbons (Fsp3) is 0.444. The molecule has 1 atom stereocenters. The SMILES string of the molecule is CCC(NCc1cnc(N2CCOCC2)nc1)c1ccc(Br)cc1. The van der Waals surface area contributed by atoms with Gasteiger partial charge in [-0.15, -0.1) is 0 Å². The van der Waals surface area contributed by atoms with Gasteiger partial charge in [-0.1, -0.05) is 35.0 Å². The van der Waals surface area contributed by atoms with Gasteiger partial charge in [-0.25, -0.2) is 9.97 Å². The molecule has 24 heavy (non-hydrogen) atoms. The number of morpholine rings is 1. The summed E-state index contributed by atoms with van der Waals surface area (Å²) in [5.41, 5.74) is 2.40. The van der Waals surface area contributed by atoms with E-state index in [1.807, 2.05) is 12.4 Å². The van der Waals surface area contributed by atoms with Crippen LogP contribution in [0.25, 0.3) is 0 Å². The molecule has 0 saturated carbocycles. The van der Waals surface area contributed by atoms with Crippen LogP contribution >= 0.6 is 15.9 Å². The molecule has 3 rings (SSSR count). The average molecular weight is 391 g/mol. The summed E-state index contributed by atoms with van der Waals surface area (Å²) in [7, 11) is 0. The molecule has 1 saturated heterocycles. The smallest absolute Gasteiger partial charge is 0.225 e. The minimum Gasteiger partial charge on any atom is -0.378 e. The quantitative estimate of drug-likeness (QED) is 0.819. The average Bonchev–Trinajstić information content (AvgIpc) is 2.65. The maximum atomic E-state index is 5.36. The van der Waals surface area contributed by atoms with Gasteiger partial charge in [-0.05, 0) is 24.1 Å². The molecular weight excluding hydrogens is 368 g/mol. The molecule has 1 aliphatic heterocycles. The molecule has 0 aliphatic carbocycles. The van der Waals surface area contributed by atoms with E-state index in [1.54, 1.807) is 0 Å². The zero-order valence-corrected chi connectivity index (χ0v) is 15.5. The fourth-order valence-corrected chi connectivity index (χ4v) is 3.06. The van der Waals surface area contributed by atoms with Crippen LogP contribution in [0.1, 0.15) is 30.5 Å². The molecule has 0 bridgehead atoms. The molecule has 1 aliphatic rings. The predicted molar refractivity (Wildman–Crippen MR) is 99.1 cm³/mol. The zero-order chi connectivity index (χ0) is 16.8. The summed E-state index contributed by atoms with van der Waals surface area (Å²) in [6.07, 6.45) is 4.87. The molecule has 1 aromatic heterocycles. The van der Waals surface area contributed by atoms with Crippen molar-refractivity contribution in [2.24, 2.45) is 0 Å². The first-order valence-electron chi connectivity index (χ1n) is 8.38. The van der Waals surface area contributed by atoms with Crippen molar-refractivity contribution in [2.45, 2.75) is 25.9 Å². The van der Waals surface area contributed by atoms with Gasteiger partial charge in [0.2, 0.25) is 5.95 Å². The number of rotatable bonds is 6. The van der Waals surface area contributed by atoms with E-state index >= 15 is 0 Å². The zero-order valence-electron chi connectivity index (χ0n) is 13.9. The van der Waals surface area contributed by atoms with E-state index in [9.17, 15) is 0 Å². The van der Waals surface area contributed by atoms with Crippen LogP contribution in [0.4, 0.5) is 5.95 Å². The van der Waals surface area contributed by atoms with Crippen molar-refractivity contribution in [3.63, 3.8) is 0 Å². The van der Waals surface area contributed by atoms with E-state index in [4.69, 9.17) is 4.74 Å². The monoisotopic (exact) mass is 390 g/mol. The molecule has 0 spiro atoms. The van der Waals surface area contributed by atoms with E-state index in [1.165, 1.54) is 5.56 Å². The first kappa shape index (κ1) is 17.3. The number of hydrogen-bond donors (Lipinski definition) is 1. The minimum absolute atomic E-state index is 0.331. The Bertz CT molecular complexity index is 626. The number of nitrogens with zero attached hydrogens (tertiary/aromatic N) is 3. The Morgan fingerprint density at radius 2 is 1.83 bits per heavy atom. The number of nitrogens with one attached hydrogen (secondary N) is 1. The highest BCUT2D eigenvalue weighted by atomic mass is 79.9. The number of hydrogen-bond acceptors (Lipinski definition) is 5. The van der Waals surface area contributed by atoms with E-state index in [0.717, 1.165) is 55.3 Å². The van der Waals surface area contributed by atoms with Gasteiger partial charge in [0.1, 0.15) is 0 Å². The van der Waals surface area contributed by atoms with Crippen LogP contribution < -0.4 is 10.2 Å². The summed E-state index contributed by atoms with van der Waals surface area (Å²) < 4.78 is 6.47. The fourth-order valence-electron chi connectivity index (χ4n) is 2.80. The van der Waals surface area contributed by atoms with Gasteiger partial charge in [-0.3, -0.25) is 0 Å². The highest BCUT2D eigenvalue weighted by Gasteiger charge is 2.14. The summed E-state index contributed by atoms with van der Waals surface area (Å²) in [5.74, 6) is 0.794. The number of anilines is 1. The molecule has 1 N–H and O–H groups in total. The summed E-state index contributed by atoms with van der Waals surface area (Å²) in [6.45, 7) is 6.17.